The van der Waals surface area contributed by atoms with Crippen LogP contribution in [0.2, 0.25) is 0 Å². The van der Waals surface area contributed by atoms with E-state index in [-0.39, 0.29) is 5.75 Å². The summed E-state index contributed by atoms with van der Waals surface area (Å²) in [6, 6.07) is 16.4. The fraction of sp³-hybridized carbons (Fsp3) is 0.333. The highest BCUT2D eigenvalue weighted by Gasteiger charge is 2.05. The number of phenolic OH excluding ortho intramolecular Hbond substituents is 1. The average Bonchev–Trinajstić information content (AvgIpc) is 2.53. The quantitative estimate of drug-likeness (QED) is 0.818. The third-order valence-corrected chi connectivity index (χ3v) is 3.61. The number of benzene rings is 2. The van der Waals surface area contributed by atoms with E-state index in [0.717, 1.165) is 24.9 Å². The van der Waals surface area contributed by atoms with Crippen LogP contribution in [0, 0.1) is 0 Å². The van der Waals surface area contributed by atoms with Crippen molar-refractivity contribution < 1.29 is 9.84 Å². The van der Waals surface area contributed by atoms with Crippen molar-refractivity contribution >= 4 is 0 Å². The van der Waals surface area contributed by atoms with Crippen LogP contribution in [0.15, 0.2) is 48.5 Å². The molecule has 3 heteroatoms. The van der Waals surface area contributed by atoms with Gasteiger partial charge in [0.2, 0.25) is 0 Å². The van der Waals surface area contributed by atoms with E-state index in [4.69, 9.17) is 4.74 Å². The maximum atomic E-state index is 9.58. The molecule has 0 fully saturated rings. The molecule has 0 aliphatic carbocycles. The van der Waals surface area contributed by atoms with Crippen LogP contribution in [0.4, 0.5) is 0 Å². The minimum absolute atomic E-state index is 0.179. The molecule has 0 radical (unpaired) electrons. The van der Waals surface area contributed by atoms with E-state index in [1.807, 2.05) is 18.2 Å². The molecule has 21 heavy (non-hydrogen) atoms. The number of aromatic hydroxyl groups is 1. The number of hydrogen-bond donors (Lipinski definition) is 2. The van der Waals surface area contributed by atoms with Gasteiger partial charge in [0, 0.05) is 12.6 Å². The summed E-state index contributed by atoms with van der Waals surface area (Å²) in [5.41, 5.74) is 2.48. The number of methoxy groups -OCH3 is 1. The van der Waals surface area contributed by atoms with E-state index in [2.05, 4.69) is 36.5 Å². The van der Waals surface area contributed by atoms with Crippen LogP contribution in [0.5, 0.6) is 11.5 Å². The van der Waals surface area contributed by atoms with E-state index in [1.54, 1.807) is 13.2 Å². The molecule has 3 nitrogen and oxygen atoms in total. The monoisotopic (exact) mass is 285 g/mol. The number of ether oxygens (including phenoxy) is 1. The highest BCUT2D eigenvalue weighted by molar-refractivity contribution is 5.41. The Labute approximate surface area is 126 Å². The second-order valence-electron chi connectivity index (χ2n) is 5.31. The van der Waals surface area contributed by atoms with Crippen molar-refractivity contribution in [1.29, 1.82) is 0 Å². The third kappa shape index (κ3) is 4.80. The molecule has 0 amide bonds. The zero-order valence-electron chi connectivity index (χ0n) is 12.7. The SMILES string of the molecule is COc1cc(CNC(C)CCc2ccccc2)ccc1O. The molecule has 2 aromatic rings. The van der Waals surface area contributed by atoms with Crippen molar-refractivity contribution in [3.8, 4) is 11.5 Å². The first-order valence-electron chi connectivity index (χ1n) is 7.32. The Hall–Kier alpha value is -2.00. The molecule has 0 saturated carbocycles. The van der Waals surface area contributed by atoms with Gasteiger partial charge in [0.25, 0.3) is 0 Å². The molecule has 0 aliphatic rings. The number of hydrogen-bond acceptors (Lipinski definition) is 3. The summed E-state index contributed by atoms with van der Waals surface area (Å²) in [6.07, 6.45) is 2.17. The van der Waals surface area contributed by atoms with Gasteiger partial charge in [-0.2, -0.15) is 0 Å². The van der Waals surface area contributed by atoms with E-state index in [1.165, 1.54) is 5.56 Å². The summed E-state index contributed by atoms with van der Waals surface area (Å²) in [4.78, 5) is 0. The molecule has 0 saturated heterocycles. The normalized spacial score (nSPS) is 12.1. The Bertz CT molecular complexity index is 554. The molecular formula is C18H23NO2. The van der Waals surface area contributed by atoms with Crippen LogP contribution in [-0.4, -0.2) is 18.3 Å². The molecule has 0 heterocycles. The molecule has 2 N–H and O–H groups in total. The van der Waals surface area contributed by atoms with Crippen LogP contribution in [0.1, 0.15) is 24.5 Å². The lowest BCUT2D eigenvalue weighted by molar-refractivity contribution is 0.372. The summed E-state index contributed by atoms with van der Waals surface area (Å²) >= 11 is 0. The molecule has 0 aliphatic heterocycles. The zero-order valence-corrected chi connectivity index (χ0v) is 12.7. The van der Waals surface area contributed by atoms with Gasteiger partial charge in [0.05, 0.1) is 7.11 Å². The smallest absolute Gasteiger partial charge is 0.160 e. The predicted molar refractivity (Wildman–Crippen MR) is 85.7 cm³/mol. The largest absolute Gasteiger partial charge is 0.504 e. The van der Waals surface area contributed by atoms with E-state index >= 15 is 0 Å². The third-order valence-electron chi connectivity index (χ3n) is 3.61. The molecule has 0 spiro atoms. The van der Waals surface area contributed by atoms with E-state index < -0.39 is 0 Å². The fourth-order valence-electron chi connectivity index (χ4n) is 2.25. The van der Waals surface area contributed by atoms with Gasteiger partial charge in [-0.05, 0) is 43.0 Å². The highest BCUT2D eigenvalue weighted by atomic mass is 16.5. The molecule has 1 atom stereocenters. The van der Waals surface area contributed by atoms with Crippen LogP contribution in [0.3, 0.4) is 0 Å². The van der Waals surface area contributed by atoms with Gasteiger partial charge in [0.15, 0.2) is 11.5 Å². The summed E-state index contributed by atoms with van der Waals surface area (Å²) in [7, 11) is 1.56. The van der Waals surface area contributed by atoms with Crippen molar-refractivity contribution in [2.24, 2.45) is 0 Å². The lowest BCUT2D eigenvalue weighted by Crippen LogP contribution is -2.25. The fourth-order valence-corrected chi connectivity index (χ4v) is 2.25. The summed E-state index contributed by atoms with van der Waals surface area (Å²) in [5, 5.41) is 13.1. The maximum absolute atomic E-state index is 9.58. The predicted octanol–water partition coefficient (Wildman–Crippen LogP) is 3.51. The van der Waals surface area contributed by atoms with Gasteiger partial charge < -0.3 is 15.2 Å². The Morgan fingerprint density at radius 3 is 2.57 bits per heavy atom. The molecular weight excluding hydrogens is 262 g/mol. The molecule has 0 aromatic heterocycles. The maximum Gasteiger partial charge on any atom is 0.160 e. The minimum Gasteiger partial charge on any atom is -0.504 e. The first-order chi connectivity index (χ1) is 10.2. The number of aryl methyl sites for hydroxylation is 1. The molecule has 1 unspecified atom stereocenters. The van der Waals surface area contributed by atoms with Crippen molar-refractivity contribution in [1.82, 2.24) is 5.32 Å². The van der Waals surface area contributed by atoms with E-state index in [0.29, 0.717) is 11.8 Å². The Kier molecular flexibility index (Phi) is 5.64. The highest BCUT2D eigenvalue weighted by Crippen LogP contribution is 2.26. The first-order valence-corrected chi connectivity index (χ1v) is 7.32. The molecule has 2 rings (SSSR count). The van der Waals surface area contributed by atoms with Gasteiger partial charge >= 0.3 is 0 Å². The lowest BCUT2D eigenvalue weighted by Gasteiger charge is -2.14. The first kappa shape index (κ1) is 15.4. The van der Waals surface area contributed by atoms with Crippen LogP contribution in [-0.2, 0) is 13.0 Å². The molecule has 0 bridgehead atoms. The summed E-state index contributed by atoms with van der Waals surface area (Å²) < 4.78 is 5.12. The van der Waals surface area contributed by atoms with Gasteiger partial charge in [0.1, 0.15) is 0 Å². The van der Waals surface area contributed by atoms with Crippen molar-refractivity contribution in [2.75, 3.05) is 7.11 Å². The van der Waals surface area contributed by atoms with Crippen molar-refractivity contribution in [2.45, 2.75) is 32.4 Å². The summed E-state index contributed by atoms with van der Waals surface area (Å²) in [5.74, 6) is 0.699. The zero-order chi connectivity index (χ0) is 15.1. The average molecular weight is 285 g/mol. The van der Waals surface area contributed by atoms with Crippen LogP contribution in [0.25, 0.3) is 0 Å². The van der Waals surface area contributed by atoms with E-state index in [9.17, 15) is 5.11 Å². The molecule has 112 valence electrons. The Balaban J connectivity index is 1.79. The second-order valence-corrected chi connectivity index (χ2v) is 5.31. The van der Waals surface area contributed by atoms with Gasteiger partial charge in [-0.1, -0.05) is 36.4 Å². The number of rotatable bonds is 7. The van der Waals surface area contributed by atoms with Gasteiger partial charge in [-0.3, -0.25) is 0 Å². The van der Waals surface area contributed by atoms with Crippen molar-refractivity contribution in [3.05, 3.63) is 59.7 Å². The van der Waals surface area contributed by atoms with Crippen LogP contribution < -0.4 is 10.1 Å². The van der Waals surface area contributed by atoms with Crippen LogP contribution >= 0.6 is 0 Å². The second kappa shape index (κ2) is 7.70. The van der Waals surface area contributed by atoms with Gasteiger partial charge in [-0.15, -0.1) is 0 Å². The number of nitrogens with one attached hydrogen (secondary N) is 1. The Morgan fingerprint density at radius 2 is 1.86 bits per heavy atom. The topological polar surface area (TPSA) is 41.5 Å². The molecule has 2 aromatic carbocycles. The van der Waals surface area contributed by atoms with Gasteiger partial charge in [-0.25, -0.2) is 0 Å². The minimum atomic E-state index is 0.179. The standard InChI is InChI=1S/C18H23NO2/c1-14(8-9-15-6-4-3-5-7-15)19-13-16-10-11-17(20)18(12-16)21-2/h3-7,10-12,14,19-20H,8-9,13H2,1-2H3. The summed E-state index contributed by atoms with van der Waals surface area (Å²) in [6.45, 7) is 2.97. The van der Waals surface area contributed by atoms with Crippen molar-refractivity contribution in [3.63, 3.8) is 0 Å². The number of phenols is 1. The lowest BCUT2D eigenvalue weighted by atomic mass is 10.1. The Morgan fingerprint density at radius 1 is 1.10 bits per heavy atom.